The van der Waals surface area contributed by atoms with Crippen LogP contribution in [0.5, 0.6) is 0 Å². The van der Waals surface area contributed by atoms with E-state index in [1.807, 2.05) is 6.20 Å². The molecule has 1 unspecified atom stereocenters. The molecule has 1 amide bonds. The number of carbonyl (C=O) groups excluding carboxylic acids is 1. The van der Waals surface area contributed by atoms with E-state index in [9.17, 15) is 4.79 Å². The molecule has 2 saturated heterocycles. The van der Waals surface area contributed by atoms with Crippen LogP contribution < -0.4 is 5.32 Å². The Bertz CT molecular complexity index is 481. The van der Waals surface area contributed by atoms with Crippen LogP contribution in [-0.4, -0.2) is 71.2 Å². The molecule has 3 heterocycles. The molecule has 0 radical (unpaired) electrons. The molecule has 0 saturated carbocycles. The molecule has 2 fully saturated rings. The summed E-state index contributed by atoms with van der Waals surface area (Å²) < 4.78 is 0. The average molecular weight is 319 g/mol. The van der Waals surface area contributed by atoms with E-state index in [0.717, 1.165) is 24.9 Å². The Labute approximate surface area is 138 Å². The van der Waals surface area contributed by atoms with Crippen molar-refractivity contribution >= 4 is 5.91 Å². The van der Waals surface area contributed by atoms with Gasteiger partial charge in [0.05, 0.1) is 6.20 Å². The molecule has 6 heteroatoms. The van der Waals surface area contributed by atoms with Crippen LogP contribution in [0.4, 0.5) is 0 Å². The number of likely N-dealkylation sites (tertiary alicyclic amines) is 2. The van der Waals surface area contributed by atoms with Gasteiger partial charge in [0.25, 0.3) is 0 Å². The van der Waals surface area contributed by atoms with Gasteiger partial charge in [-0.25, -0.2) is 0 Å². The molecule has 1 atom stereocenters. The zero-order chi connectivity index (χ0) is 16.1. The van der Waals surface area contributed by atoms with Gasteiger partial charge < -0.3 is 10.2 Å². The molecule has 3 rings (SSSR count). The Morgan fingerprint density at radius 2 is 2.17 bits per heavy atom. The zero-order valence-corrected chi connectivity index (χ0v) is 14.1. The topological polar surface area (TPSA) is 64.3 Å². The lowest BCUT2D eigenvalue weighted by Crippen LogP contribution is -2.53. The lowest BCUT2D eigenvalue weighted by molar-refractivity contribution is -0.122. The van der Waals surface area contributed by atoms with Gasteiger partial charge in [-0.15, -0.1) is 0 Å². The fourth-order valence-corrected chi connectivity index (χ4v) is 3.79. The van der Waals surface area contributed by atoms with Gasteiger partial charge >= 0.3 is 0 Å². The van der Waals surface area contributed by atoms with Crippen molar-refractivity contribution in [2.45, 2.75) is 50.6 Å². The number of aromatic amines is 1. The smallest absolute Gasteiger partial charge is 0.220 e. The first-order valence-corrected chi connectivity index (χ1v) is 8.90. The minimum Gasteiger partial charge on any atom is -0.352 e. The van der Waals surface area contributed by atoms with Crippen LogP contribution in [0.3, 0.4) is 0 Å². The van der Waals surface area contributed by atoms with Crippen LogP contribution in [0.1, 0.15) is 37.7 Å². The van der Waals surface area contributed by atoms with E-state index >= 15 is 0 Å². The van der Waals surface area contributed by atoms with Crippen LogP contribution in [0.2, 0.25) is 0 Å². The van der Waals surface area contributed by atoms with Crippen LogP contribution in [0.15, 0.2) is 12.4 Å². The summed E-state index contributed by atoms with van der Waals surface area (Å²) in [7, 11) is 2.20. The Balaban J connectivity index is 1.42. The molecule has 6 nitrogen and oxygen atoms in total. The number of rotatable bonds is 5. The molecule has 0 aliphatic carbocycles. The Morgan fingerprint density at radius 3 is 2.91 bits per heavy atom. The summed E-state index contributed by atoms with van der Waals surface area (Å²) in [5.74, 6) is 0.168. The second kappa shape index (κ2) is 7.93. The zero-order valence-electron chi connectivity index (χ0n) is 14.1. The summed E-state index contributed by atoms with van der Waals surface area (Å²) in [4.78, 5) is 17.2. The lowest BCUT2D eigenvalue weighted by Gasteiger charge is -2.41. The third kappa shape index (κ3) is 4.78. The van der Waals surface area contributed by atoms with Gasteiger partial charge in [-0.2, -0.15) is 5.10 Å². The van der Waals surface area contributed by atoms with E-state index < -0.39 is 0 Å². The van der Waals surface area contributed by atoms with Crippen LogP contribution >= 0.6 is 0 Å². The second-order valence-corrected chi connectivity index (χ2v) is 7.04. The first-order chi connectivity index (χ1) is 11.2. The van der Waals surface area contributed by atoms with E-state index in [1.165, 1.54) is 38.9 Å². The number of H-pyrrole nitrogens is 1. The lowest BCUT2D eigenvalue weighted by atomic mass is 9.98. The highest BCUT2D eigenvalue weighted by Crippen LogP contribution is 2.20. The van der Waals surface area contributed by atoms with E-state index in [2.05, 4.69) is 32.4 Å². The highest BCUT2D eigenvalue weighted by molar-refractivity contribution is 5.76. The Hall–Kier alpha value is -1.40. The fraction of sp³-hybridized carbons (Fsp3) is 0.765. The second-order valence-electron chi connectivity index (χ2n) is 7.04. The van der Waals surface area contributed by atoms with E-state index in [1.54, 1.807) is 6.20 Å². The quantitative estimate of drug-likeness (QED) is 0.850. The van der Waals surface area contributed by atoms with Gasteiger partial charge in [0.15, 0.2) is 0 Å². The molecule has 1 aromatic rings. The number of piperidine rings is 2. The Morgan fingerprint density at radius 1 is 1.35 bits per heavy atom. The maximum absolute atomic E-state index is 12.2. The molecule has 0 spiro atoms. The minimum absolute atomic E-state index is 0.168. The summed E-state index contributed by atoms with van der Waals surface area (Å²) >= 11 is 0. The van der Waals surface area contributed by atoms with Gasteiger partial charge in [0.1, 0.15) is 0 Å². The van der Waals surface area contributed by atoms with E-state index in [0.29, 0.717) is 18.5 Å². The van der Waals surface area contributed by atoms with Gasteiger partial charge in [-0.05, 0) is 64.3 Å². The van der Waals surface area contributed by atoms with Crippen molar-refractivity contribution in [1.29, 1.82) is 0 Å². The number of aromatic nitrogens is 2. The highest BCUT2D eigenvalue weighted by Gasteiger charge is 2.28. The largest absolute Gasteiger partial charge is 0.352 e. The third-order valence-corrected chi connectivity index (χ3v) is 5.22. The van der Waals surface area contributed by atoms with Crippen molar-refractivity contribution in [2.75, 3.05) is 33.2 Å². The number of hydrogen-bond acceptors (Lipinski definition) is 4. The summed E-state index contributed by atoms with van der Waals surface area (Å²) in [6.45, 7) is 4.60. The van der Waals surface area contributed by atoms with E-state index in [-0.39, 0.29) is 5.91 Å². The summed E-state index contributed by atoms with van der Waals surface area (Å²) in [6, 6.07) is 1.03. The molecular formula is C17H29N5O. The van der Waals surface area contributed by atoms with Gasteiger partial charge in [-0.1, -0.05) is 0 Å². The number of aryl methyl sites for hydroxylation is 1. The predicted octanol–water partition coefficient (Wildman–Crippen LogP) is 1.02. The number of amides is 1. The first-order valence-electron chi connectivity index (χ1n) is 8.90. The number of nitrogens with zero attached hydrogens (tertiary/aromatic N) is 3. The standard InChI is InChI=1S/C17H29N5O/c1-21-9-6-16(7-10-21)22-8-2-3-15(13-22)20-17(23)5-4-14-11-18-19-12-14/h11-12,15-16H,2-10,13H2,1H3,(H,18,19)(H,20,23). The average Bonchev–Trinajstić information content (AvgIpc) is 3.07. The summed E-state index contributed by atoms with van der Waals surface area (Å²) in [5.41, 5.74) is 1.09. The van der Waals surface area contributed by atoms with Crippen molar-refractivity contribution < 1.29 is 4.79 Å². The molecule has 2 aliphatic heterocycles. The van der Waals surface area contributed by atoms with Crippen LogP contribution in [0, 0.1) is 0 Å². The fourth-order valence-electron chi connectivity index (χ4n) is 3.79. The molecule has 23 heavy (non-hydrogen) atoms. The maximum Gasteiger partial charge on any atom is 0.220 e. The van der Waals surface area contributed by atoms with Gasteiger partial charge in [0.2, 0.25) is 5.91 Å². The van der Waals surface area contributed by atoms with Crippen LogP contribution in [-0.2, 0) is 11.2 Å². The Kier molecular flexibility index (Phi) is 5.67. The number of hydrogen-bond donors (Lipinski definition) is 2. The first kappa shape index (κ1) is 16.5. The molecule has 0 bridgehead atoms. The van der Waals surface area contributed by atoms with E-state index in [4.69, 9.17) is 0 Å². The van der Waals surface area contributed by atoms with Crippen molar-refractivity contribution in [3.63, 3.8) is 0 Å². The molecule has 2 N–H and O–H groups in total. The molecule has 128 valence electrons. The minimum atomic E-state index is 0.168. The normalized spacial score (nSPS) is 24.7. The van der Waals surface area contributed by atoms with Gasteiger partial charge in [0, 0.05) is 31.2 Å². The van der Waals surface area contributed by atoms with Gasteiger partial charge in [-0.3, -0.25) is 14.8 Å². The highest BCUT2D eigenvalue weighted by atomic mass is 16.1. The molecular weight excluding hydrogens is 290 g/mol. The van der Waals surface area contributed by atoms with Crippen LogP contribution in [0.25, 0.3) is 0 Å². The molecule has 2 aliphatic rings. The van der Waals surface area contributed by atoms with Crippen molar-refractivity contribution in [2.24, 2.45) is 0 Å². The summed E-state index contributed by atoms with van der Waals surface area (Å²) in [6.07, 6.45) is 9.78. The van der Waals surface area contributed by atoms with Crippen molar-refractivity contribution in [3.05, 3.63) is 18.0 Å². The third-order valence-electron chi connectivity index (χ3n) is 5.22. The van der Waals surface area contributed by atoms with Crippen molar-refractivity contribution in [1.82, 2.24) is 25.3 Å². The predicted molar refractivity (Wildman–Crippen MR) is 90.2 cm³/mol. The number of nitrogens with one attached hydrogen (secondary N) is 2. The molecule has 0 aromatic carbocycles. The summed E-state index contributed by atoms with van der Waals surface area (Å²) in [5, 5.41) is 9.94. The monoisotopic (exact) mass is 319 g/mol. The SMILES string of the molecule is CN1CCC(N2CCCC(NC(=O)CCc3cn[nH]c3)C2)CC1. The molecule has 1 aromatic heterocycles. The van der Waals surface area contributed by atoms with Crippen molar-refractivity contribution in [3.8, 4) is 0 Å². The number of carbonyl (C=O) groups is 1. The maximum atomic E-state index is 12.2.